The van der Waals surface area contributed by atoms with Gasteiger partial charge in [0, 0.05) is 14.1 Å². The molecule has 3 nitrogen and oxygen atoms in total. The molecule has 0 bridgehead atoms. The SMILES string of the molecule is CN(C)c1ccc(B(O)O)cc1Cl. The lowest BCUT2D eigenvalue weighted by Gasteiger charge is -2.14. The van der Waals surface area contributed by atoms with E-state index in [1.165, 1.54) is 0 Å². The fourth-order valence-corrected chi connectivity index (χ4v) is 1.40. The summed E-state index contributed by atoms with van der Waals surface area (Å²) in [5.41, 5.74) is 1.25. The maximum atomic E-state index is 8.86. The van der Waals surface area contributed by atoms with Crippen molar-refractivity contribution in [3.8, 4) is 0 Å². The number of benzene rings is 1. The van der Waals surface area contributed by atoms with Gasteiger partial charge >= 0.3 is 7.12 Å². The van der Waals surface area contributed by atoms with Crippen LogP contribution in [0.3, 0.4) is 0 Å². The molecule has 1 aromatic rings. The first-order valence-electron chi connectivity index (χ1n) is 3.85. The van der Waals surface area contributed by atoms with Gasteiger partial charge in [0.25, 0.3) is 0 Å². The molecule has 0 saturated carbocycles. The van der Waals surface area contributed by atoms with Gasteiger partial charge in [0.05, 0.1) is 10.7 Å². The molecule has 5 heteroatoms. The zero-order valence-corrected chi connectivity index (χ0v) is 8.28. The van der Waals surface area contributed by atoms with Gasteiger partial charge in [-0.3, -0.25) is 0 Å². The molecule has 0 saturated heterocycles. The van der Waals surface area contributed by atoms with Crippen LogP contribution in [0.15, 0.2) is 18.2 Å². The van der Waals surface area contributed by atoms with E-state index in [2.05, 4.69) is 0 Å². The number of hydrogen-bond acceptors (Lipinski definition) is 3. The van der Waals surface area contributed by atoms with Gasteiger partial charge in [0.2, 0.25) is 0 Å². The van der Waals surface area contributed by atoms with Crippen LogP contribution in [-0.2, 0) is 0 Å². The Labute approximate surface area is 82.7 Å². The van der Waals surface area contributed by atoms with E-state index in [0.29, 0.717) is 10.5 Å². The van der Waals surface area contributed by atoms with Crippen LogP contribution in [-0.4, -0.2) is 31.3 Å². The summed E-state index contributed by atoms with van der Waals surface area (Å²) in [5.74, 6) is 0. The first-order chi connectivity index (χ1) is 6.02. The minimum atomic E-state index is -1.46. The average molecular weight is 199 g/mol. The third-order valence-corrected chi connectivity index (χ3v) is 2.05. The van der Waals surface area contributed by atoms with Crippen molar-refractivity contribution in [2.75, 3.05) is 19.0 Å². The summed E-state index contributed by atoms with van der Waals surface area (Å²) in [6, 6.07) is 4.92. The second-order valence-electron chi connectivity index (χ2n) is 2.98. The lowest BCUT2D eigenvalue weighted by molar-refractivity contribution is 0.426. The molecule has 0 spiro atoms. The molecule has 1 rings (SSSR count). The smallest absolute Gasteiger partial charge is 0.423 e. The van der Waals surface area contributed by atoms with Gasteiger partial charge in [-0.15, -0.1) is 0 Å². The molecular formula is C8H11BClNO2. The maximum Gasteiger partial charge on any atom is 0.488 e. The molecule has 13 heavy (non-hydrogen) atoms. The fraction of sp³-hybridized carbons (Fsp3) is 0.250. The van der Waals surface area contributed by atoms with E-state index in [0.717, 1.165) is 5.69 Å². The molecule has 1 aromatic carbocycles. The monoisotopic (exact) mass is 199 g/mol. The van der Waals surface area contributed by atoms with Crippen LogP contribution in [0.5, 0.6) is 0 Å². The van der Waals surface area contributed by atoms with Crippen molar-refractivity contribution in [3.05, 3.63) is 23.2 Å². The topological polar surface area (TPSA) is 43.7 Å². The van der Waals surface area contributed by atoms with Gasteiger partial charge in [0.1, 0.15) is 0 Å². The van der Waals surface area contributed by atoms with Gasteiger partial charge < -0.3 is 14.9 Å². The van der Waals surface area contributed by atoms with E-state index in [1.807, 2.05) is 19.0 Å². The fourth-order valence-electron chi connectivity index (χ4n) is 1.05. The van der Waals surface area contributed by atoms with Gasteiger partial charge in [-0.25, -0.2) is 0 Å². The molecule has 0 atom stereocenters. The number of halogens is 1. The third kappa shape index (κ3) is 2.37. The zero-order valence-electron chi connectivity index (χ0n) is 7.53. The van der Waals surface area contributed by atoms with E-state index in [4.69, 9.17) is 21.6 Å². The molecule has 0 aliphatic rings. The number of rotatable bonds is 2. The van der Waals surface area contributed by atoms with Crippen LogP contribution in [0.1, 0.15) is 0 Å². The first-order valence-corrected chi connectivity index (χ1v) is 4.23. The summed E-state index contributed by atoms with van der Waals surface area (Å²) < 4.78 is 0. The van der Waals surface area contributed by atoms with E-state index in [9.17, 15) is 0 Å². The van der Waals surface area contributed by atoms with Crippen molar-refractivity contribution in [2.45, 2.75) is 0 Å². The normalized spacial score (nSPS) is 9.92. The second-order valence-corrected chi connectivity index (χ2v) is 3.39. The summed E-state index contributed by atoms with van der Waals surface area (Å²) in [6.07, 6.45) is 0. The van der Waals surface area contributed by atoms with Crippen LogP contribution in [0.4, 0.5) is 5.69 Å². The Morgan fingerprint density at radius 2 is 1.92 bits per heavy atom. The first kappa shape index (κ1) is 10.4. The molecule has 0 unspecified atom stereocenters. The average Bonchev–Trinajstić information content (AvgIpc) is 2.03. The number of anilines is 1. The highest BCUT2D eigenvalue weighted by Crippen LogP contribution is 2.21. The predicted molar refractivity (Wildman–Crippen MR) is 55.6 cm³/mol. The van der Waals surface area contributed by atoms with Gasteiger partial charge in [-0.1, -0.05) is 17.7 Å². The molecular weight excluding hydrogens is 188 g/mol. The summed E-state index contributed by atoms with van der Waals surface area (Å²) in [6.45, 7) is 0. The molecule has 70 valence electrons. The highest BCUT2D eigenvalue weighted by Gasteiger charge is 2.12. The maximum absolute atomic E-state index is 8.86. The summed E-state index contributed by atoms with van der Waals surface area (Å²) >= 11 is 5.90. The Morgan fingerprint density at radius 3 is 2.31 bits per heavy atom. The van der Waals surface area contributed by atoms with Crippen molar-refractivity contribution in [1.29, 1.82) is 0 Å². The third-order valence-electron chi connectivity index (χ3n) is 1.75. The molecule has 0 aliphatic carbocycles. The Morgan fingerprint density at radius 1 is 1.31 bits per heavy atom. The largest absolute Gasteiger partial charge is 0.488 e. The Hall–Kier alpha value is -0.705. The molecule has 0 heterocycles. The van der Waals surface area contributed by atoms with E-state index in [-0.39, 0.29) is 0 Å². The van der Waals surface area contributed by atoms with E-state index >= 15 is 0 Å². The molecule has 0 aliphatic heterocycles. The lowest BCUT2D eigenvalue weighted by Crippen LogP contribution is -2.29. The quantitative estimate of drug-likeness (QED) is 0.664. The zero-order chi connectivity index (χ0) is 10.0. The molecule has 0 fully saturated rings. The van der Waals surface area contributed by atoms with Crippen LogP contribution >= 0.6 is 11.6 Å². The number of nitrogens with zero attached hydrogens (tertiary/aromatic N) is 1. The van der Waals surface area contributed by atoms with Gasteiger partial charge in [0.15, 0.2) is 0 Å². The highest BCUT2D eigenvalue weighted by molar-refractivity contribution is 6.59. The van der Waals surface area contributed by atoms with Crippen molar-refractivity contribution < 1.29 is 10.0 Å². The number of hydrogen-bond donors (Lipinski definition) is 2. The van der Waals surface area contributed by atoms with E-state index in [1.54, 1.807) is 18.2 Å². The molecule has 0 aromatic heterocycles. The molecule has 0 amide bonds. The van der Waals surface area contributed by atoms with Crippen molar-refractivity contribution >= 4 is 29.9 Å². The van der Waals surface area contributed by atoms with Crippen LogP contribution in [0.2, 0.25) is 5.02 Å². The van der Waals surface area contributed by atoms with Crippen LogP contribution in [0.25, 0.3) is 0 Å². The van der Waals surface area contributed by atoms with E-state index < -0.39 is 7.12 Å². The standard InChI is InChI=1S/C8H11BClNO2/c1-11(2)8-4-3-6(9(12)13)5-7(8)10/h3-5,12-13H,1-2H3. The van der Waals surface area contributed by atoms with Gasteiger partial charge in [-0.05, 0) is 17.6 Å². The van der Waals surface area contributed by atoms with Crippen molar-refractivity contribution in [2.24, 2.45) is 0 Å². The summed E-state index contributed by atoms with van der Waals surface area (Å²) in [7, 11) is 2.28. The van der Waals surface area contributed by atoms with Crippen LogP contribution < -0.4 is 10.4 Å². The highest BCUT2D eigenvalue weighted by atomic mass is 35.5. The Balaban J connectivity index is 3.06. The predicted octanol–water partition coefficient (Wildman–Crippen LogP) is 0.0858. The second kappa shape index (κ2) is 4.00. The van der Waals surface area contributed by atoms with Crippen LogP contribution in [0, 0.1) is 0 Å². The Bertz CT molecular complexity index is 304. The lowest BCUT2D eigenvalue weighted by atomic mass is 9.80. The minimum Gasteiger partial charge on any atom is -0.423 e. The van der Waals surface area contributed by atoms with Gasteiger partial charge in [-0.2, -0.15) is 0 Å². The Kier molecular flexibility index (Phi) is 3.19. The van der Waals surface area contributed by atoms with Crippen molar-refractivity contribution in [3.63, 3.8) is 0 Å². The molecule has 0 radical (unpaired) electrons. The summed E-state index contributed by atoms with van der Waals surface area (Å²) in [5, 5.41) is 18.2. The summed E-state index contributed by atoms with van der Waals surface area (Å²) in [4.78, 5) is 1.86. The van der Waals surface area contributed by atoms with Crippen molar-refractivity contribution in [1.82, 2.24) is 0 Å². The molecule has 2 N–H and O–H groups in total. The minimum absolute atomic E-state index is 0.399.